The molecule has 310 valence electrons. The number of esters is 1. The molecule has 14 nitrogen and oxygen atoms in total. The van der Waals surface area contributed by atoms with Crippen LogP contribution in [-0.2, 0) is 54.3 Å². The molecule has 0 bridgehead atoms. The maximum atomic E-state index is 13.8. The normalized spacial score (nSPS) is 23.3. The van der Waals surface area contributed by atoms with Gasteiger partial charge in [0, 0.05) is 70.2 Å². The van der Waals surface area contributed by atoms with Gasteiger partial charge in [-0.25, -0.2) is 14.8 Å². The molecular formula is C43H55ClN8O6. The topological polar surface area (TPSA) is 153 Å². The van der Waals surface area contributed by atoms with E-state index in [1.54, 1.807) is 9.47 Å². The lowest BCUT2D eigenvalue weighted by atomic mass is 9.81. The Hall–Kier alpha value is -4.95. The first kappa shape index (κ1) is 41.2. The van der Waals surface area contributed by atoms with Gasteiger partial charge in [0.15, 0.2) is 11.6 Å². The number of carbonyl (C=O) groups excluding carboxylic acids is 4. The second kappa shape index (κ2) is 16.4. The maximum Gasteiger partial charge on any atom is 0.410 e. The lowest BCUT2D eigenvalue weighted by Gasteiger charge is -2.35. The summed E-state index contributed by atoms with van der Waals surface area (Å²) in [5.41, 5.74) is 5.11. The van der Waals surface area contributed by atoms with Crippen molar-refractivity contribution in [3.05, 3.63) is 82.5 Å². The number of anilines is 1. The minimum Gasteiger partial charge on any atom is -0.469 e. The number of nitrogens with one attached hydrogen (secondary N) is 2. The molecule has 1 aromatic carbocycles. The molecule has 3 amide bonds. The Bertz CT molecular complexity index is 2150. The molecule has 2 atom stereocenters. The summed E-state index contributed by atoms with van der Waals surface area (Å²) in [6.45, 7) is 10.6. The van der Waals surface area contributed by atoms with Gasteiger partial charge in [0.05, 0.1) is 41.9 Å². The fraction of sp³-hybridized carbons (Fsp3) is 0.535. The molecule has 4 aliphatic rings. The number of alkyl halides is 1. The molecule has 2 aliphatic carbocycles. The predicted molar refractivity (Wildman–Crippen MR) is 220 cm³/mol. The van der Waals surface area contributed by atoms with E-state index in [0.29, 0.717) is 42.6 Å². The van der Waals surface area contributed by atoms with Crippen molar-refractivity contribution in [2.75, 3.05) is 32.1 Å². The molecule has 0 saturated heterocycles. The molecular weight excluding hydrogens is 760 g/mol. The van der Waals surface area contributed by atoms with Crippen LogP contribution in [0.5, 0.6) is 0 Å². The van der Waals surface area contributed by atoms with Gasteiger partial charge in [-0.3, -0.25) is 19.3 Å². The number of rotatable bonds is 8. The van der Waals surface area contributed by atoms with Crippen molar-refractivity contribution in [3.8, 4) is 0 Å². The Balaban J connectivity index is 0.980. The van der Waals surface area contributed by atoms with Crippen LogP contribution in [0.1, 0.15) is 103 Å². The molecule has 0 radical (unpaired) electrons. The third-order valence-corrected chi connectivity index (χ3v) is 12.4. The minimum absolute atomic E-state index is 0.0133. The Kier molecular flexibility index (Phi) is 11.6. The minimum atomic E-state index is -1.05. The number of benzene rings is 1. The molecule has 2 aromatic heterocycles. The summed E-state index contributed by atoms with van der Waals surface area (Å²) in [5, 5.41) is 6.13. The van der Waals surface area contributed by atoms with Gasteiger partial charge in [0.1, 0.15) is 5.60 Å². The lowest BCUT2D eigenvalue weighted by Crippen LogP contribution is -2.48. The maximum absolute atomic E-state index is 13.8. The van der Waals surface area contributed by atoms with Crippen LogP contribution in [0.3, 0.4) is 0 Å². The average molecular weight is 815 g/mol. The highest BCUT2D eigenvalue weighted by molar-refractivity contribution is 6.31. The standard InChI is InChI=1S/C43H55ClN8O6/c1-42(2,3)58-41(56)52-21-19-34-32(25-52)47-37(50(34)6)39(54)48-35-13-9-12-30(43(35,4)44)28-10-8-11-29(22-28)45-38(53)36-46-31-24-51(20-18-33(31)49(36)5)23-26-14-16-27(17-15-26)40(55)57-7/h8-13,22,26-27,35H,14-21,23-25H2,1-7H3,(H,45,53)(H,48,54). The number of amides is 3. The Morgan fingerprint density at radius 1 is 0.931 bits per heavy atom. The second-order valence-corrected chi connectivity index (χ2v) is 18.0. The van der Waals surface area contributed by atoms with E-state index in [2.05, 4.69) is 20.5 Å². The van der Waals surface area contributed by atoms with E-state index >= 15 is 0 Å². The average Bonchev–Trinajstić information content (AvgIpc) is 3.70. The van der Waals surface area contributed by atoms with Gasteiger partial charge in [-0.05, 0) is 82.6 Å². The third kappa shape index (κ3) is 8.58. The lowest BCUT2D eigenvalue weighted by molar-refractivity contribution is -0.146. The number of aromatic nitrogens is 4. The van der Waals surface area contributed by atoms with E-state index in [-0.39, 0.29) is 36.1 Å². The molecule has 7 rings (SSSR count). The monoisotopic (exact) mass is 814 g/mol. The number of halogens is 1. The zero-order valence-corrected chi connectivity index (χ0v) is 35.3. The fourth-order valence-electron chi connectivity index (χ4n) is 8.76. The number of hydrogen-bond acceptors (Lipinski definition) is 9. The summed E-state index contributed by atoms with van der Waals surface area (Å²) in [6, 6.07) is 6.92. The van der Waals surface area contributed by atoms with Crippen LogP contribution >= 0.6 is 11.6 Å². The molecule has 2 aliphatic heterocycles. The molecule has 2 N–H and O–H groups in total. The number of imidazole rings is 2. The molecule has 58 heavy (non-hydrogen) atoms. The van der Waals surface area contributed by atoms with E-state index in [9.17, 15) is 19.2 Å². The van der Waals surface area contributed by atoms with Crippen LogP contribution in [0.15, 0.2) is 42.5 Å². The van der Waals surface area contributed by atoms with Crippen molar-refractivity contribution in [2.45, 2.75) is 95.8 Å². The largest absolute Gasteiger partial charge is 0.469 e. The Morgan fingerprint density at radius 2 is 1.59 bits per heavy atom. The molecule has 15 heteroatoms. The van der Waals surface area contributed by atoms with E-state index in [1.807, 2.05) is 88.9 Å². The van der Waals surface area contributed by atoms with Crippen molar-refractivity contribution < 1.29 is 28.7 Å². The number of carbonyl (C=O) groups is 4. The first-order chi connectivity index (χ1) is 27.5. The molecule has 4 heterocycles. The van der Waals surface area contributed by atoms with Crippen molar-refractivity contribution >= 4 is 46.7 Å². The molecule has 1 saturated carbocycles. The van der Waals surface area contributed by atoms with Gasteiger partial charge in [0.25, 0.3) is 11.8 Å². The first-order valence-electron chi connectivity index (χ1n) is 20.2. The van der Waals surface area contributed by atoms with Crippen LogP contribution < -0.4 is 10.6 Å². The molecule has 2 unspecified atom stereocenters. The summed E-state index contributed by atoms with van der Waals surface area (Å²) in [4.78, 5) is 64.6. The van der Waals surface area contributed by atoms with Crippen molar-refractivity contribution in [1.82, 2.24) is 34.2 Å². The molecule has 3 aromatic rings. The summed E-state index contributed by atoms with van der Waals surface area (Å²) < 4.78 is 14.2. The second-order valence-electron chi connectivity index (χ2n) is 17.2. The van der Waals surface area contributed by atoms with Gasteiger partial charge in [-0.1, -0.05) is 30.4 Å². The number of allylic oxidation sites excluding steroid dienone is 2. The van der Waals surface area contributed by atoms with Crippen molar-refractivity contribution in [3.63, 3.8) is 0 Å². The van der Waals surface area contributed by atoms with Crippen LogP contribution in [0.25, 0.3) is 5.57 Å². The highest BCUT2D eigenvalue weighted by atomic mass is 35.5. The van der Waals surface area contributed by atoms with Crippen LogP contribution in [0.2, 0.25) is 0 Å². The molecule has 0 spiro atoms. The zero-order chi connectivity index (χ0) is 41.5. The van der Waals surface area contributed by atoms with Crippen LogP contribution in [-0.4, -0.2) is 96.0 Å². The van der Waals surface area contributed by atoms with Gasteiger partial charge in [0.2, 0.25) is 0 Å². The summed E-state index contributed by atoms with van der Waals surface area (Å²) >= 11 is 7.31. The van der Waals surface area contributed by atoms with E-state index < -0.39 is 22.6 Å². The Morgan fingerprint density at radius 3 is 2.26 bits per heavy atom. The van der Waals surface area contributed by atoms with E-state index in [4.69, 9.17) is 26.1 Å². The third-order valence-electron chi connectivity index (χ3n) is 11.9. The quantitative estimate of drug-likeness (QED) is 0.213. The SMILES string of the molecule is COC(=O)C1CCC(CN2CCc3c(nc(C(=O)Nc4cccc(C5=CC=CC(NC(=O)c6nc7c(n6C)CCN(C(=O)OC(C)(C)C)C7)C5(C)Cl)c4)n3C)C2)CC1. The number of fused-ring (bicyclic) bond motifs is 2. The highest BCUT2D eigenvalue weighted by Gasteiger charge is 2.39. The number of methoxy groups -OCH3 is 1. The summed E-state index contributed by atoms with van der Waals surface area (Å²) in [7, 11) is 5.16. The van der Waals surface area contributed by atoms with Gasteiger partial charge < -0.3 is 34.1 Å². The highest BCUT2D eigenvalue weighted by Crippen LogP contribution is 2.40. The molecule has 1 fully saturated rings. The summed E-state index contributed by atoms with van der Waals surface area (Å²) in [5.74, 6) is 0.357. The smallest absolute Gasteiger partial charge is 0.410 e. The Labute approximate surface area is 345 Å². The number of hydrogen-bond donors (Lipinski definition) is 2. The number of nitrogens with zero attached hydrogens (tertiary/aromatic N) is 6. The van der Waals surface area contributed by atoms with E-state index in [0.717, 1.165) is 73.4 Å². The first-order valence-corrected chi connectivity index (χ1v) is 20.6. The fourth-order valence-corrected chi connectivity index (χ4v) is 9.06. The van der Waals surface area contributed by atoms with Crippen LogP contribution in [0, 0.1) is 11.8 Å². The predicted octanol–water partition coefficient (Wildman–Crippen LogP) is 5.79. The van der Waals surface area contributed by atoms with Gasteiger partial charge in [-0.15, -0.1) is 11.6 Å². The van der Waals surface area contributed by atoms with Crippen LogP contribution in [0.4, 0.5) is 10.5 Å². The van der Waals surface area contributed by atoms with Gasteiger partial charge in [-0.2, -0.15) is 0 Å². The van der Waals surface area contributed by atoms with E-state index in [1.165, 1.54) is 7.11 Å². The number of ether oxygens (including phenoxy) is 2. The summed E-state index contributed by atoms with van der Waals surface area (Å²) in [6.07, 6.45) is 10.3. The van der Waals surface area contributed by atoms with Crippen molar-refractivity contribution in [2.24, 2.45) is 25.9 Å². The zero-order valence-electron chi connectivity index (χ0n) is 34.6. The van der Waals surface area contributed by atoms with Gasteiger partial charge >= 0.3 is 12.1 Å². The van der Waals surface area contributed by atoms with Crippen molar-refractivity contribution in [1.29, 1.82) is 0 Å².